The van der Waals surface area contributed by atoms with Gasteiger partial charge in [-0.15, -0.1) is 0 Å². The van der Waals surface area contributed by atoms with Crippen LogP contribution in [0.1, 0.15) is 25.3 Å². The molecule has 0 spiro atoms. The molecule has 1 aliphatic heterocycles. The topological polar surface area (TPSA) is 66.4 Å². The van der Waals surface area contributed by atoms with Crippen LogP contribution in [0, 0.1) is 0 Å². The quantitative estimate of drug-likeness (QED) is 0.867. The molecule has 20 heavy (non-hydrogen) atoms. The van der Waals surface area contributed by atoms with Gasteiger partial charge in [0.2, 0.25) is 10.0 Å². The van der Waals surface area contributed by atoms with Gasteiger partial charge in [0.05, 0.1) is 11.5 Å². The fraction of sp³-hybridized carbons (Fsp3) is 0.538. The number of aliphatic hydroxyl groups is 1. The Bertz CT molecular complexity index is 583. The third-order valence-electron chi connectivity index (χ3n) is 3.44. The number of hydrogen-bond donors (Lipinski definition) is 2. The van der Waals surface area contributed by atoms with E-state index < -0.39 is 10.0 Å². The lowest BCUT2D eigenvalue weighted by molar-refractivity contribution is 0.282. The zero-order chi connectivity index (χ0) is 14.8. The molecule has 1 aliphatic rings. The van der Waals surface area contributed by atoms with E-state index in [1.54, 1.807) is 11.8 Å². The first kappa shape index (κ1) is 16.1. The zero-order valence-corrected chi connectivity index (χ0v) is 13.6. The average molecular weight is 336 g/mol. The molecule has 0 radical (unpaired) electrons. The number of sulfonamides is 1. The molecule has 0 bridgehead atoms. The Balaban J connectivity index is 2.12. The van der Waals surface area contributed by atoms with Gasteiger partial charge in [0.1, 0.15) is 0 Å². The van der Waals surface area contributed by atoms with Crippen LogP contribution in [-0.2, 0) is 16.6 Å². The maximum atomic E-state index is 12.2. The van der Waals surface area contributed by atoms with Crippen molar-refractivity contribution in [3.8, 4) is 0 Å². The number of benzene rings is 1. The third-order valence-corrected chi connectivity index (χ3v) is 6.73. The van der Waals surface area contributed by atoms with Crippen LogP contribution in [0.3, 0.4) is 0 Å². The van der Waals surface area contributed by atoms with E-state index in [9.17, 15) is 8.42 Å². The summed E-state index contributed by atoms with van der Waals surface area (Å²) in [5.41, 5.74) is 0.518. The van der Waals surface area contributed by atoms with E-state index in [4.69, 9.17) is 16.7 Å². The number of rotatable bonds is 5. The van der Waals surface area contributed by atoms with Gasteiger partial charge in [0, 0.05) is 16.3 Å². The van der Waals surface area contributed by atoms with Gasteiger partial charge in [-0.1, -0.05) is 17.7 Å². The molecule has 112 valence electrons. The molecular weight excluding hydrogens is 318 g/mol. The van der Waals surface area contributed by atoms with Crippen LogP contribution in [0.4, 0.5) is 0 Å². The highest BCUT2D eigenvalue weighted by atomic mass is 35.5. The average Bonchev–Trinajstić information content (AvgIpc) is 2.84. The SMILES string of the molecule is CC1(CNS(=O)(=O)c2ccc(CO)c(Cl)c2)CCCS1. The Morgan fingerprint density at radius 1 is 1.50 bits per heavy atom. The summed E-state index contributed by atoms with van der Waals surface area (Å²) in [4.78, 5) is 0.131. The maximum Gasteiger partial charge on any atom is 0.240 e. The van der Waals surface area contributed by atoms with Crippen molar-refractivity contribution in [2.24, 2.45) is 0 Å². The first-order chi connectivity index (χ1) is 9.36. The molecule has 0 saturated carbocycles. The summed E-state index contributed by atoms with van der Waals surface area (Å²) in [5, 5.41) is 9.30. The van der Waals surface area contributed by atoms with Gasteiger partial charge >= 0.3 is 0 Å². The van der Waals surface area contributed by atoms with Crippen molar-refractivity contribution in [3.63, 3.8) is 0 Å². The van der Waals surface area contributed by atoms with E-state index in [0.717, 1.165) is 18.6 Å². The molecule has 2 rings (SSSR count). The molecule has 0 amide bonds. The third kappa shape index (κ3) is 3.68. The molecule has 1 aromatic rings. The molecule has 1 unspecified atom stereocenters. The standard InChI is InChI=1S/C13H18ClNO3S2/c1-13(5-2-6-19-13)9-15-20(17,18)11-4-3-10(8-16)12(14)7-11/h3-4,7,15-16H,2,5-6,8-9H2,1H3. The predicted molar refractivity (Wildman–Crippen MR) is 82.7 cm³/mol. The van der Waals surface area contributed by atoms with Crippen LogP contribution in [0.5, 0.6) is 0 Å². The van der Waals surface area contributed by atoms with E-state index in [2.05, 4.69) is 11.6 Å². The number of hydrogen-bond acceptors (Lipinski definition) is 4. The second kappa shape index (κ2) is 6.23. The van der Waals surface area contributed by atoms with Crippen molar-refractivity contribution in [1.82, 2.24) is 4.72 Å². The van der Waals surface area contributed by atoms with E-state index in [1.807, 2.05) is 0 Å². The number of aliphatic hydroxyl groups excluding tert-OH is 1. The normalized spacial score (nSPS) is 23.1. The van der Waals surface area contributed by atoms with Crippen LogP contribution < -0.4 is 4.72 Å². The molecule has 1 fully saturated rings. The fourth-order valence-corrected chi connectivity index (χ4v) is 4.97. The summed E-state index contributed by atoms with van der Waals surface area (Å²) in [6, 6.07) is 4.37. The van der Waals surface area contributed by atoms with E-state index in [1.165, 1.54) is 18.2 Å². The molecule has 1 heterocycles. The molecule has 4 nitrogen and oxygen atoms in total. The first-order valence-electron chi connectivity index (χ1n) is 6.39. The van der Waals surface area contributed by atoms with Crippen LogP contribution in [0.15, 0.2) is 23.1 Å². The van der Waals surface area contributed by atoms with Gasteiger partial charge in [0.25, 0.3) is 0 Å². The number of halogens is 1. The minimum atomic E-state index is -3.56. The first-order valence-corrected chi connectivity index (χ1v) is 9.24. The van der Waals surface area contributed by atoms with E-state index >= 15 is 0 Å². The van der Waals surface area contributed by atoms with Gasteiger partial charge in [-0.05, 0) is 43.2 Å². The Labute approximate surface area is 129 Å². The highest BCUT2D eigenvalue weighted by molar-refractivity contribution is 8.01. The van der Waals surface area contributed by atoms with Crippen molar-refractivity contribution in [3.05, 3.63) is 28.8 Å². The van der Waals surface area contributed by atoms with Crippen molar-refractivity contribution >= 4 is 33.4 Å². The molecule has 1 atom stereocenters. The van der Waals surface area contributed by atoms with Crippen LogP contribution in [0.25, 0.3) is 0 Å². The van der Waals surface area contributed by atoms with Crippen LogP contribution >= 0.6 is 23.4 Å². The maximum absolute atomic E-state index is 12.2. The van der Waals surface area contributed by atoms with Gasteiger partial charge in [0.15, 0.2) is 0 Å². The van der Waals surface area contributed by atoms with Crippen molar-refractivity contribution in [1.29, 1.82) is 0 Å². The van der Waals surface area contributed by atoms with E-state index in [-0.39, 0.29) is 21.3 Å². The zero-order valence-electron chi connectivity index (χ0n) is 11.2. The van der Waals surface area contributed by atoms with E-state index in [0.29, 0.717) is 12.1 Å². The molecule has 0 aromatic heterocycles. The summed E-state index contributed by atoms with van der Waals surface area (Å²) < 4.78 is 27.1. The van der Waals surface area contributed by atoms with Crippen molar-refractivity contribution in [2.45, 2.75) is 36.0 Å². The number of thioether (sulfide) groups is 1. The summed E-state index contributed by atoms with van der Waals surface area (Å²) in [5.74, 6) is 1.08. The Hall–Kier alpha value is -0.270. The molecule has 0 aliphatic carbocycles. The monoisotopic (exact) mass is 335 g/mol. The molecular formula is C13H18ClNO3S2. The van der Waals surface area contributed by atoms with Gasteiger partial charge in [-0.25, -0.2) is 13.1 Å². The smallest absolute Gasteiger partial charge is 0.240 e. The second-order valence-electron chi connectivity index (χ2n) is 5.14. The highest BCUT2D eigenvalue weighted by Gasteiger charge is 2.31. The lowest BCUT2D eigenvalue weighted by atomic mass is 10.1. The predicted octanol–water partition coefficient (Wildman–Crippen LogP) is 2.40. The largest absolute Gasteiger partial charge is 0.392 e. The minimum absolute atomic E-state index is 0.0259. The number of nitrogens with one attached hydrogen (secondary N) is 1. The molecule has 1 saturated heterocycles. The van der Waals surface area contributed by atoms with Crippen molar-refractivity contribution < 1.29 is 13.5 Å². The fourth-order valence-electron chi connectivity index (χ4n) is 2.13. The van der Waals surface area contributed by atoms with Gasteiger partial charge in [-0.3, -0.25) is 0 Å². The summed E-state index contributed by atoms with van der Waals surface area (Å²) in [7, 11) is -3.56. The molecule has 2 N–H and O–H groups in total. The van der Waals surface area contributed by atoms with Crippen molar-refractivity contribution in [2.75, 3.05) is 12.3 Å². The summed E-state index contributed by atoms with van der Waals surface area (Å²) in [6.45, 7) is 2.29. The lowest BCUT2D eigenvalue weighted by Crippen LogP contribution is -2.36. The second-order valence-corrected chi connectivity index (χ2v) is 8.99. The van der Waals surface area contributed by atoms with Gasteiger partial charge < -0.3 is 5.11 Å². The van der Waals surface area contributed by atoms with Gasteiger partial charge in [-0.2, -0.15) is 11.8 Å². The lowest BCUT2D eigenvalue weighted by Gasteiger charge is -2.22. The Morgan fingerprint density at radius 2 is 2.25 bits per heavy atom. The molecule has 1 aromatic carbocycles. The summed E-state index contributed by atoms with van der Waals surface area (Å²) >= 11 is 7.74. The minimum Gasteiger partial charge on any atom is -0.392 e. The Morgan fingerprint density at radius 3 is 2.80 bits per heavy atom. The Kier molecular flexibility index (Phi) is 5.02. The van der Waals surface area contributed by atoms with Crippen LogP contribution in [0.2, 0.25) is 5.02 Å². The van der Waals surface area contributed by atoms with Crippen LogP contribution in [-0.4, -0.2) is 30.6 Å². The summed E-state index contributed by atoms with van der Waals surface area (Å²) in [6.07, 6.45) is 2.14. The highest BCUT2D eigenvalue weighted by Crippen LogP contribution is 2.37. The molecule has 7 heteroatoms.